The number of rotatable bonds is 0. The van der Waals surface area contributed by atoms with Crippen molar-refractivity contribution in [3.63, 3.8) is 0 Å². The van der Waals surface area contributed by atoms with Crippen LogP contribution in [0, 0.1) is 0 Å². The molecule has 0 amide bonds. The Kier molecular flexibility index (Phi) is 0.0632. The Bertz CT molecular complexity index is 69.1. The lowest BCUT2D eigenvalue weighted by Gasteiger charge is -2.17. The fourth-order valence-corrected chi connectivity index (χ4v) is 1.15. The molecule has 4 saturated heterocycles. The van der Waals surface area contributed by atoms with Crippen LogP contribution in [-0.4, -0.2) is 22.3 Å². The molecular weight excluding hydrogens is 64.0 g/mol. The highest BCUT2D eigenvalue weighted by atomic mass is 16.1. The van der Waals surface area contributed by atoms with E-state index in [1.165, 1.54) is 6.42 Å². The SMILES string of the molecule is C1C2N3C1N23. The maximum Gasteiger partial charge on any atom is 0.0961 e. The van der Waals surface area contributed by atoms with Crippen molar-refractivity contribution in [2.45, 2.75) is 18.8 Å². The van der Waals surface area contributed by atoms with Gasteiger partial charge >= 0.3 is 0 Å². The second-order valence-corrected chi connectivity index (χ2v) is 1.96. The van der Waals surface area contributed by atoms with Crippen molar-refractivity contribution in [3.05, 3.63) is 0 Å². The lowest BCUT2D eigenvalue weighted by molar-refractivity contribution is 0.275. The first-order valence-corrected chi connectivity index (χ1v) is 2.05. The van der Waals surface area contributed by atoms with Gasteiger partial charge < -0.3 is 0 Å². The smallest absolute Gasteiger partial charge is 0.0961 e. The number of hydrazine groups is 1. The third kappa shape index (κ3) is 0.0364. The Morgan fingerprint density at radius 3 is 1.60 bits per heavy atom. The second kappa shape index (κ2) is 0.200. The number of nitrogens with zero attached hydrogens (tertiary/aromatic N) is 2. The summed E-state index contributed by atoms with van der Waals surface area (Å²) in [7, 11) is 0. The fraction of sp³-hybridized carbons (Fsp3) is 1.00. The summed E-state index contributed by atoms with van der Waals surface area (Å²) in [5.41, 5.74) is 0. The average molecular weight is 68.1 g/mol. The maximum atomic E-state index is 2.39. The molecule has 0 aromatic heterocycles. The van der Waals surface area contributed by atoms with Gasteiger partial charge in [-0.05, 0) is 0 Å². The van der Waals surface area contributed by atoms with Crippen LogP contribution in [0.25, 0.3) is 0 Å². The molecule has 2 heteroatoms. The third-order valence-electron chi connectivity index (χ3n) is 1.80. The average Bonchev–Trinajstić information content (AvgIpc) is 1.69. The highest BCUT2D eigenvalue weighted by Gasteiger charge is 2.81. The summed E-state index contributed by atoms with van der Waals surface area (Å²) in [5, 5.41) is 4.78. The van der Waals surface area contributed by atoms with E-state index in [9.17, 15) is 0 Å². The van der Waals surface area contributed by atoms with Crippen molar-refractivity contribution in [3.8, 4) is 0 Å². The molecule has 4 aliphatic heterocycles. The molecule has 2 bridgehead atoms. The molecule has 4 rings (SSSR count). The summed E-state index contributed by atoms with van der Waals surface area (Å²) in [5.74, 6) is 0. The standard InChI is InChI=1S/C3H4N2/c1-2-4-3(1)5(2)4/h2-3H,1H2. The van der Waals surface area contributed by atoms with Crippen LogP contribution in [0.2, 0.25) is 0 Å². The molecule has 0 radical (unpaired) electrons. The van der Waals surface area contributed by atoms with Crippen LogP contribution in [0.1, 0.15) is 6.42 Å². The molecule has 0 aromatic rings. The van der Waals surface area contributed by atoms with E-state index in [2.05, 4.69) is 10.0 Å². The zero-order valence-corrected chi connectivity index (χ0v) is 2.76. The molecule has 0 N–H and O–H groups in total. The Morgan fingerprint density at radius 1 is 1.20 bits per heavy atom. The molecule has 0 unspecified atom stereocenters. The van der Waals surface area contributed by atoms with Crippen LogP contribution in [0.3, 0.4) is 0 Å². The Hall–Kier alpha value is -0.0800. The van der Waals surface area contributed by atoms with Gasteiger partial charge in [0.1, 0.15) is 0 Å². The molecule has 0 aliphatic carbocycles. The fourth-order valence-electron chi connectivity index (χ4n) is 1.15. The molecule has 0 atom stereocenters. The van der Waals surface area contributed by atoms with Gasteiger partial charge in [-0.3, -0.25) is 0 Å². The summed E-state index contributed by atoms with van der Waals surface area (Å²) in [4.78, 5) is 0. The van der Waals surface area contributed by atoms with E-state index in [1.807, 2.05) is 0 Å². The molecule has 4 heterocycles. The van der Waals surface area contributed by atoms with Gasteiger partial charge in [0, 0.05) is 6.42 Å². The van der Waals surface area contributed by atoms with E-state index in [0.717, 1.165) is 12.3 Å². The lowest BCUT2D eigenvalue weighted by atomic mass is 10.1. The minimum absolute atomic E-state index is 0.958. The van der Waals surface area contributed by atoms with Gasteiger partial charge in [-0.2, -0.15) is 0 Å². The Morgan fingerprint density at radius 2 is 1.60 bits per heavy atom. The van der Waals surface area contributed by atoms with Crippen LogP contribution in [-0.2, 0) is 0 Å². The minimum Gasteiger partial charge on any atom is -0.201 e. The van der Waals surface area contributed by atoms with E-state index in [-0.39, 0.29) is 0 Å². The van der Waals surface area contributed by atoms with Crippen LogP contribution >= 0.6 is 0 Å². The van der Waals surface area contributed by atoms with Crippen molar-refractivity contribution in [2.24, 2.45) is 0 Å². The van der Waals surface area contributed by atoms with E-state index >= 15 is 0 Å². The molecule has 26 valence electrons. The molecule has 0 saturated carbocycles. The predicted octanol–water partition coefficient (Wildman–Crippen LogP) is -0.411. The summed E-state index contributed by atoms with van der Waals surface area (Å²) < 4.78 is 0. The highest BCUT2D eigenvalue weighted by Crippen LogP contribution is 2.64. The normalized spacial score (nSPS) is 91.2. The molecule has 0 spiro atoms. The Balaban J connectivity index is 2.39. The molecule has 2 nitrogen and oxygen atoms in total. The lowest BCUT2D eigenvalue weighted by Crippen LogP contribution is -2.34. The van der Waals surface area contributed by atoms with Crippen molar-refractivity contribution in [1.82, 2.24) is 10.0 Å². The summed E-state index contributed by atoms with van der Waals surface area (Å²) in [6, 6.07) is 0. The largest absolute Gasteiger partial charge is 0.201 e. The molecular formula is C3H4N2. The number of hydrogen-bond donors (Lipinski definition) is 0. The first-order chi connectivity index (χ1) is 2.48. The third-order valence-corrected chi connectivity index (χ3v) is 1.80. The van der Waals surface area contributed by atoms with Gasteiger partial charge in [-0.1, -0.05) is 0 Å². The highest BCUT2D eigenvalue weighted by molar-refractivity contribution is 5.18. The number of hydrogen-bond acceptors (Lipinski definition) is 2. The van der Waals surface area contributed by atoms with Gasteiger partial charge in [0.05, 0.1) is 12.3 Å². The zero-order chi connectivity index (χ0) is 3.02. The zero-order valence-electron chi connectivity index (χ0n) is 2.76. The predicted molar refractivity (Wildman–Crippen MR) is 15.9 cm³/mol. The van der Waals surface area contributed by atoms with Crippen LogP contribution in [0.15, 0.2) is 0 Å². The van der Waals surface area contributed by atoms with Crippen molar-refractivity contribution in [1.29, 1.82) is 0 Å². The van der Waals surface area contributed by atoms with E-state index in [4.69, 9.17) is 0 Å². The molecule has 4 aliphatic rings. The monoisotopic (exact) mass is 68.0 g/mol. The molecule has 0 aromatic carbocycles. The van der Waals surface area contributed by atoms with Gasteiger partial charge in [-0.25, -0.2) is 10.0 Å². The van der Waals surface area contributed by atoms with E-state index < -0.39 is 0 Å². The quantitative estimate of drug-likeness (QED) is 0.356. The summed E-state index contributed by atoms with van der Waals surface area (Å²) in [6.45, 7) is 0. The van der Waals surface area contributed by atoms with Crippen LogP contribution in [0.4, 0.5) is 0 Å². The van der Waals surface area contributed by atoms with Crippen molar-refractivity contribution >= 4 is 0 Å². The maximum absolute atomic E-state index is 2.39. The minimum atomic E-state index is 0.958. The molecule has 5 heavy (non-hydrogen) atoms. The summed E-state index contributed by atoms with van der Waals surface area (Å²) in [6.07, 6.45) is 3.39. The van der Waals surface area contributed by atoms with Crippen LogP contribution < -0.4 is 0 Å². The van der Waals surface area contributed by atoms with Gasteiger partial charge in [0.2, 0.25) is 0 Å². The molecule has 4 fully saturated rings. The van der Waals surface area contributed by atoms with E-state index in [0.29, 0.717) is 0 Å². The van der Waals surface area contributed by atoms with Crippen molar-refractivity contribution in [2.75, 3.05) is 0 Å². The first-order valence-electron chi connectivity index (χ1n) is 2.05. The first kappa shape index (κ1) is 1.58. The summed E-state index contributed by atoms with van der Waals surface area (Å²) >= 11 is 0. The Labute approximate surface area is 29.9 Å². The topological polar surface area (TPSA) is 6.02 Å². The van der Waals surface area contributed by atoms with Gasteiger partial charge in [-0.15, -0.1) is 0 Å². The van der Waals surface area contributed by atoms with Crippen molar-refractivity contribution < 1.29 is 0 Å². The van der Waals surface area contributed by atoms with Gasteiger partial charge in [0.25, 0.3) is 0 Å². The van der Waals surface area contributed by atoms with Crippen LogP contribution in [0.5, 0.6) is 0 Å². The second-order valence-electron chi connectivity index (χ2n) is 1.96. The van der Waals surface area contributed by atoms with E-state index in [1.54, 1.807) is 0 Å². The van der Waals surface area contributed by atoms with Gasteiger partial charge in [0.15, 0.2) is 0 Å².